The van der Waals surface area contributed by atoms with E-state index in [4.69, 9.17) is 16.7 Å². The molecule has 0 aliphatic heterocycles. The average Bonchev–Trinajstić information content (AvgIpc) is 1.36. The molecule has 0 spiro atoms. The third kappa shape index (κ3) is 7.40. The molecule has 0 bridgehead atoms. The molecule has 0 heterocycles. The summed E-state index contributed by atoms with van der Waals surface area (Å²) in [5, 5.41) is 7.10. The Bertz CT molecular complexity index is 64.0. The van der Waals surface area contributed by atoms with Crippen LogP contribution in [0.5, 0.6) is 0 Å². The normalized spacial score (nSPS) is 11.7. The summed E-state index contributed by atoms with van der Waals surface area (Å²) < 4.78 is 0. The Labute approximate surface area is 89.7 Å². The van der Waals surface area contributed by atoms with Gasteiger partial charge < -0.3 is 5.11 Å². The molecule has 0 saturated heterocycles. The van der Waals surface area contributed by atoms with Crippen molar-refractivity contribution in [1.82, 2.24) is 0 Å². The zero-order valence-corrected chi connectivity index (χ0v) is 8.19. The van der Waals surface area contributed by atoms with Crippen LogP contribution in [0.4, 0.5) is 0 Å². The summed E-state index contributed by atoms with van der Waals surface area (Å²) in [4.78, 5) is 9.57. The number of carboxylic acid groups (broad SMARTS) is 1. The molecule has 1 N–H and O–H groups in total. The molecule has 0 fully saturated rings. The molecular formula is C3H5ClKO2. The summed E-state index contributed by atoms with van der Waals surface area (Å²) >= 11 is 5.01. The number of halogens is 1. The SMILES string of the molecule is CC(Cl)C(=O)O.[K]. The van der Waals surface area contributed by atoms with Crippen molar-refractivity contribution in [2.75, 3.05) is 0 Å². The predicted molar refractivity (Wildman–Crippen MR) is 28.7 cm³/mol. The van der Waals surface area contributed by atoms with Crippen molar-refractivity contribution in [3.8, 4) is 0 Å². The number of carbonyl (C=O) groups is 1. The van der Waals surface area contributed by atoms with E-state index in [2.05, 4.69) is 0 Å². The first-order valence-electron chi connectivity index (χ1n) is 1.51. The second-order valence-electron chi connectivity index (χ2n) is 0.954. The summed E-state index contributed by atoms with van der Waals surface area (Å²) in [6.45, 7) is 1.41. The van der Waals surface area contributed by atoms with Crippen LogP contribution in [0, 0.1) is 0 Å². The van der Waals surface area contributed by atoms with Gasteiger partial charge in [0, 0.05) is 51.4 Å². The maximum atomic E-state index is 9.57. The number of aliphatic carboxylic acids is 1. The van der Waals surface area contributed by atoms with E-state index in [0.29, 0.717) is 0 Å². The van der Waals surface area contributed by atoms with Crippen molar-refractivity contribution in [3.63, 3.8) is 0 Å². The number of rotatable bonds is 1. The molecule has 0 aromatic heterocycles. The molecule has 0 amide bonds. The molecule has 0 rings (SSSR count). The fraction of sp³-hybridized carbons (Fsp3) is 0.667. The maximum Gasteiger partial charge on any atom is 0.321 e. The summed E-state index contributed by atoms with van der Waals surface area (Å²) in [6.07, 6.45) is 0. The van der Waals surface area contributed by atoms with E-state index >= 15 is 0 Å². The fourth-order valence-corrected chi connectivity index (χ4v) is 0. The molecule has 0 saturated carbocycles. The van der Waals surface area contributed by atoms with Gasteiger partial charge in [0.25, 0.3) is 0 Å². The monoisotopic (exact) mass is 147 g/mol. The van der Waals surface area contributed by atoms with Gasteiger partial charge in [-0.2, -0.15) is 0 Å². The Morgan fingerprint density at radius 3 is 2.00 bits per heavy atom. The molecule has 0 aromatic carbocycles. The minimum atomic E-state index is -0.975. The van der Waals surface area contributed by atoms with Gasteiger partial charge in [-0.3, -0.25) is 4.79 Å². The van der Waals surface area contributed by atoms with Crippen LogP contribution in [0.1, 0.15) is 6.92 Å². The van der Waals surface area contributed by atoms with Crippen LogP contribution in [0.3, 0.4) is 0 Å². The minimum Gasteiger partial charge on any atom is -0.480 e. The van der Waals surface area contributed by atoms with Gasteiger partial charge in [0.2, 0.25) is 0 Å². The van der Waals surface area contributed by atoms with Crippen LogP contribution in [-0.2, 0) is 4.79 Å². The Morgan fingerprint density at radius 2 is 2.00 bits per heavy atom. The van der Waals surface area contributed by atoms with E-state index in [-0.39, 0.29) is 51.4 Å². The van der Waals surface area contributed by atoms with Gasteiger partial charge in [0.1, 0.15) is 5.38 Å². The van der Waals surface area contributed by atoms with Crippen LogP contribution < -0.4 is 0 Å². The Kier molecular flexibility index (Phi) is 8.87. The van der Waals surface area contributed by atoms with Crippen LogP contribution >= 0.6 is 11.6 Å². The summed E-state index contributed by atoms with van der Waals surface area (Å²) in [7, 11) is 0. The molecule has 7 heavy (non-hydrogen) atoms. The van der Waals surface area contributed by atoms with Crippen LogP contribution in [-0.4, -0.2) is 67.8 Å². The Balaban J connectivity index is 0. The number of hydrogen-bond acceptors (Lipinski definition) is 1. The molecule has 0 aliphatic carbocycles. The Morgan fingerprint density at radius 1 is 1.86 bits per heavy atom. The molecule has 37 valence electrons. The molecule has 0 aliphatic rings. The first kappa shape index (κ1) is 11.2. The first-order valence-corrected chi connectivity index (χ1v) is 1.95. The number of alkyl halides is 1. The number of hydrogen-bond donors (Lipinski definition) is 1. The van der Waals surface area contributed by atoms with Gasteiger partial charge in [-0.15, -0.1) is 11.6 Å². The second-order valence-corrected chi connectivity index (χ2v) is 1.61. The number of carboxylic acids is 1. The summed E-state index contributed by atoms with van der Waals surface area (Å²) in [6, 6.07) is 0. The quantitative estimate of drug-likeness (QED) is 0.429. The molecule has 2 nitrogen and oxygen atoms in total. The van der Waals surface area contributed by atoms with E-state index in [1.54, 1.807) is 0 Å². The zero-order chi connectivity index (χ0) is 5.15. The smallest absolute Gasteiger partial charge is 0.321 e. The van der Waals surface area contributed by atoms with Gasteiger partial charge in [0.05, 0.1) is 0 Å². The molecule has 1 radical (unpaired) electrons. The molecule has 1 unspecified atom stereocenters. The standard InChI is InChI=1S/C3H5ClO2.K/c1-2(4)3(5)6;/h2H,1H3,(H,5,6);. The summed E-state index contributed by atoms with van der Waals surface area (Å²) in [5.74, 6) is -0.975. The maximum absolute atomic E-state index is 9.57. The first-order chi connectivity index (χ1) is 2.64. The van der Waals surface area contributed by atoms with E-state index in [1.807, 2.05) is 0 Å². The Hall–Kier alpha value is 1.40. The van der Waals surface area contributed by atoms with Gasteiger partial charge in [-0.25, -0.2) is 0 Å². The van der Waals surface area contributed by atoms with Gasteiger partial charge in [0.15, 0.2) is 0 Å². The summed E-state index contributed by atoms with van der Waals surface area (Å²) in [5.41, 5.74) is 0. The molecular weight excluding hydrogens is 143 g/mol. The average molecular weight is 148 g/mol. The third-order valence-electron chi connectivity index (χ3n) is 0.340. The second kappa shape index (κ2) is 5.53. The van der Waals surface area contributed by atoms with Gasteiger partial charge in [-0.05, 0) is 6.92 Å². The van der Waals surface area contributed by atoms with Gasteiger partial charge >= 0.3 is 5.97 Å². The van der Waals surface area contributed by atoms with Crippen LogP contribution in [0.25, 0.3) is 0 Å². The van der Waals surface area contributed by atoms with Crippen LogP contribution in [0.15, 0.2) is 0 Å². The van der Waals surface area contributed by atoms with Crippen molar-refractivity contribution in [3.05, 3.63) is 0 Å². The topological polar surface area (TPSA) is 37.3 Å². The van der Waals surface area contributed by atoms with E-state index in [0.717, 1.165) is 0 Å². The predicted octanol–water partition coefficient (Wildman–Crippen LogP) is 0.318. The van der Waals surface area contributed by atoms with Crippen molar-refractivity contribution in [2.24, 2.45) is 0 Å². The fourth-order valence-electron chi connectivity index (χ4n) is 0. The van der Waals surface area contributed by atoms with Crippen molar-refractivity contribution in [2.45, 2.75) is 12.3 Å². The van der Waals surface area contributed by atoms with E-state index in [9.17, 15) is 4.79 Å². The zero-order valence-electron chi connectivity index (χ0n) is 4.31. The van der Waals surface area contributed by atoms with E-state index in [1.165, 1.54) is 6.92 Å². The van der Waals surface area contributed by atoms with Crippen molar-refractivity contribution < 1.29 is 9.90 Å². The van der Waals surface area contributed by atoms with Gasteiger partial charge in [-0.1, -0.05) is 0 Å². The van der Waals surface area contributed by atoms with Crippen molar-refractivity contribution in [1.29, 1.82) is 0 Å². The molecule has 1 atom stereocenters. The van der Waals surface area contributed by atoms with Crippen LogP contribution in [0.2, 0.25) is 0 Å². The molecule has 4 heteroatoms. The largest absolute Gasteiger partial charge is 0.480 e. The van der Waals surface area contributed by atoms with Crippen molar-refractivity contribution >= 4 is 69.0 Å². The molecule has 0 aromatic rings. The third-order valence-corrected chi connectivity index (χ3v) is 0.527. The minimum absolute atomic E-state index is 0. The van der Waals surface area contributed by atoms with E-state index < -0.39 is 11.3 Å².